The molecule has 0 heterocycles. The van der Waals surface area contributed by atoms with Crippen molar-refractivity contribution in [1.29, 1.82) is 5.26 Å². The molecule has 78 valence electrons. The van der Waals surface area contributed by atoms with Gasteiger partial charge in [0.05, 0.1) is 0 Å². The second kappa shape index (κ2) is 10.4. The number of hydrogen-bond acceptors (Lipinski definition) is 2. The molecular weight excluding hydrogens is 190 g/mol. The molecule has 0 aromatic heterocycles. The number of rotatable bonds is 8. The first-order valence-corrected chi connectivity index (χ1v) is 6.11. The minimum Gasteiger partial charge on any atom is -0.185 e. The Morgan fingerprint density at radius 1 is 1.36 bits per heavy atom. The Morgan fingerprint density at radius 2 is 2.07 bits per heavy atom. The normalized spacial score (nSPS) is 10.3. The first-order valence-electron chi connectivity index (χ1n) is 5.12. The topological polar surface area (TPSA) is 23.8 Å². The van der Waals surface area contributed by atoms with Crippen molar-refractivity contribution in [3.8, 4) is 5.40 Å². The fraction of sp³-hybridized carbons (Fsp3) is 0.583. The van der Waals surface area contributed by atoms with E-state index in [4.69, 9.17) is 5.26 Å². The van der Waals surface area contributed by atoms with E-state index in [0.29, 0.717) is 0 Å². The summed E-state index contributed by atoms with van der Waals surface area (Å²) in [5, 5.41) is 10.4. The molecule has 0 rings (SSSR count). The Morgan fingerprint density at radius 3 is 2.71 bits per heavy atom. The van der Waals surface area contributed by atoms with E-state index in [2.05, 4.69) is 18.1 Å². The van der Waals surface area contributed by atoms with Crippen molar-refractivity contribution in [2.24, 2.45) is 0 Å². The minimum absolute atomic E-state index is 0.978. The van der Waals surface area contributed by atoms with Gasteiger partial charge >= 0.3 is 0 Å². The van der Waals surface area contributed by atoms with E-state index >= 15 is 0 Å². The third-order valence-corrected chi connectivity index (χ3v) is 2.58. The lowest BCUT2D eigenvalue weighted by Crippen LogP contribution is -1.82. The number of hydrogen-bond donors (Lipinski definition) is 0. The quantitative estimate of drug-likeness (QED) is 0.338. The van der Waals surface area contributed by atoms with Gasteiger partial charge in [0.25, 0.3) is 0 Å². The van der Waals surface area contributed by atoms with Crippen molar-refractivity contribution in [2.45, 2.75) is 39.0 Å². The lowest BCUT2D eigenvalue weighted by Gasteiger charge is -2.00. The van der Waals surface area contributed by atoms with Crippen molar-refractivity contribution in [3.05, 3.63) is 24.3 Å². The molecule has 0 radical (unpaired) electrons. The van der Waals surface area contributed by atoms with Gasteiger partial charge in [0.15, 0.2) is 0 Å². The zero-order valence-corrected chi connectivity index (χ0v) is 9.78. The van der Waals surface area contributed by atoms with Gasteiger partial charge in [-0.1, -0.05) is 37.1 Å². The molecular formula is C12H19NS. The molecule has 0 spiro atoms. The van der Waals surface area contributed by atoms with Crippen molar-refractivity contribution in [2.75, 3.05) is 5.75 Å². The summed E-state index contributed by atoms with van der Waals surface area (Å²) in [7, 11) is 0. The van der Waals surface area contributed by atoms with Crippen LogP contribution in [0.3, 0.4) is 0 Å². The summed E-state index contributed by atoms with van der Waals surface area (Å²) in [6.45, 7) is 5.98. The van der Waals surface area contributed by atoms with E-state index in [0.717, 1.165) is 18.6 Å². The average Bonchev–Trinajstić information content (AvgIpc) is 2.17. The maximum atomic E-state index is 8.29. The molecule has 1 nitrogen and oxygen atoms in total. The fourth-order valence-corrected chi connectivity index (χ4v) is 1.68. The molecule has 0 saturated heterocycles. The zero-order chi connectivity index (χ0) is 10.6. The maximum Gasteiger partial charge on any atom is 0.133 e. The van der Waals surface area contributed by atoms with Crippen LogP contribution in [0.25, 0.3) is 0 Å². The Balaban J connectivity index is 3.14. The fourth-order valence-electron chi connectivity index (χ4n) is 1.24. The number of thiocyanates is 1. The predicted molar refractivity (Wildman–Crippen MR) is 65.1 cm³/mol. The molecule has 0 aromatic rings. The predicted octanol–water partition coefficient (Wildman–Crippen LogP) is 4.28. The zero-order valence-electron chi connectivity index (χ0n) is 8.96. The van der Waals surface area contributed by atoms with Crippen LogP contribution in [-0.2, 0) is 0 Å². The van der Waals surface area contributed by atoms with Gasteiger partial charge < -0.3 is 0 Å². The Bertz CT molecular complexity index is 213. The second-order valence-corrected chi connectivity index (χ2v) is 4.14. The molecule has 0 aliphatic heterocycles. The van der Waals surface area contributed by atoms with E-state index in [9.17, 15) is 0 Å². The van der Waals surface area contributed by atoms with Crippen LogP contribution < -0.4 is 0 Å². The van der Waals surface area contributed by atoms with Gasteiger partial charge in [-0.25, -0.2) is 0 Å². The lowest BCUT2D eigenvalue weighted by atomic mass is 10.1. The SMILES string of the molecule is C=C(/C=C\C)CCCCCCSC#N. The standard InChI is InChI=1S/C12H19NS/c1-3-8-12(2)9-6-4-5-7-10-14-11-13/h3,8H,2,4-7,9-10H2,1H3/b8-3-. The Labute approximate surface area is 91.9 Å². The molecule has 0 bridgehead atoms. The van der Waals surface area contributed by atoms with Gasteiger partial charge in [0.1, 0.15) is 5.40 Å². The highest BCUT2D eigenvalue weighted by Crippen LogP contribution is 2.11. The van der Waals surface area contributed by atoms with E-state index in [1.54, 1.807) is 0 Å². The van der Waals surface area contributed by atoms with E-state index in [-0.39, 0.29) is 0 Å². The van der Waals surface area contributed by atoms with Crippen LogP contribution in [0, 0.1) is 10.7 Å². The molecule has 2 heteroatoms. The van der Waals surface area contributed by atoms with Crippen molar-refractivity contribution in [3.63, 3.8) is 0 Å². The summed E-state index contributed by atoms with van der Waals surface area (Å²) >= 11 is 1.36. The highest BCUT2D eigenvalue weighted by atomic mass is 32.2. The second-order valence-electron chi connectivity index (χ2n) is 3.26. The smallest absolute Gasteiger partial charge is 0.133 e. The first-order chi connectivity index (χ1) is 6.81. The number of thioether (sulfide) groups is 1. The molecule has 0 aromatic carbocycles. The largest absolute Gasteiger partial charge is 0.185 e. The molecule has 0 fully saturated rings. The summed E-state index contributed by atoms with van der Waals surface area (Å²) in [6.07, 6.45) is 10.1. The van der Waals surface area contributed by atoms with Crippen molar-refractivity contribution in [1.82, 2.24) is 0 Å². The van der Waals surface area contributed by atoms with Crippen LogP contribution in [0.1, 0.15) is 39.0 Å². The number of unbranched alkanes of at least 4 members (excludes halogenated alkanes) is 3. The highest BCUT2D eigenvalue weighted by Gasteiger charge is 1.92. The van der Waals surface area contributed by atoms with Crippen LogP contribution in [0.2, 0.25) is 0 Å². The molecule has 0 saturated carbocycles. The Hall–Kier alpha value is -0.680. The molecule has 0 aliphatic rings. The van der Waals surface area contributed by atoms with E-state index in [1.807, 2.05) is 13.0 Å². The molecule has 0 unspecified atom stereocenters. The molecule has 0 N–H and O–H groups in total. The first kappa shape index (κ1) is 13.3. The third-order valence-electron chi connectivity index (χ3n) is 1.96. The van der Waals surface area contributed by atoms with Crippen LogP contribution in [0.15, 0.2) is 24.3 Å². The summed E-state index contributed by atoms with van der Waals surface area (Å²) in [5.41, 5.74) is 1.22. The van der Waals surface area contributed by atoms with E-state index < -0.39 is 0 Å². The third kappa shape index (κ3) is 9.41. The Kier molecular flexibility index (Phi) is 9.90. The lowest BCUT2D eigenvalue weighted by molar-refractivity contribution is 0.672. The number of nitrogens with zero attached hydrogens (tertiary/aromatic N) is 1. The van der Waals surface area contributed by atoms with Gasteiger partial charge in [0.2, 0.25) is 0 Å². The van der Waals surface area contributed by atoms with Crippen molar-refractivity contribution >= 4 is 11.8 Å². The van der Waals surface area contributed by atoms with Crippen LogP contribution in [0.4, 0.5) is 0 Å². The molecule has 14 heavy (non-hydrogen) atoms. The summed E-state index contributed by atoms with van der Waals surface area (Å²) in [6, 6.07) is 0. The van der Waals surface area contributed by atoms with Crippen LogP contribution in [-0.4, -0.2) is 5.75 Å². The van der Waals surface area contributed by atoms with Gasteiger partial charge in [-0.05, 0) is 37.9 Å². The number of allylic oxidation sites excluding steroid dienone is 3. The monoisotopic (exact) mass is 209 g/mol. The molecule has 0 aliphatic carbocycles. The minimum atomic E-state index is 0.978. The van der Waals surface area contributed by atoms with Gasteiger partial charge in [-0.15, -0.1) is 0 Å². The van der Waals surface area contributed by atoms with Gasteiger partial charge in [-0.2, -0.15) is 5.26 Å². The highest BCUT2D eigenvalue weighted by molar-refractivity contribution is 8.03. The van der Waals surface area contributed by atoms with Gasteiger partial charge in [-0.3, -0.25) is 0 Å². The summed E-state index contributed by atoms with van der Waals surface area (Å²) < 4.78 is 0. The molecule has 0 amide bonds. The average molecular weight is 209 g/mol. The number of nitriles is 1. The van der Waals surface area contributed by atoms with Gasteiger partial charge in [0, 0.05) is 5.75 Å². The van der Waals surface area contributed by atoms with E-state index in [1.165, 1.54) is 36.6 Å². The van der Waals surface area contributed by atoms with Crippen LogP contribution in [0.5, 0.6) is 0 Å². The van der Waals surface area contributed by atoms with Crippen molar-refractivity contribution < 1.29 is 0 Å². The maximum absolute atomic E-state index is 8.29. The summed E-state index contributed by atoms with van der Waals surface area (Å²) in [4.78, 5) is 0. The molecule has 0 atom stereocenters. The van der Waals surface area contributed by atoms with Crippen LogP contribution >= 0.6 is 11.8 Å². The summed E-state index contributed by atoms with van der Waals surface area (Å²) in [5.74, 6) is 0.978.